The van der Waals surface area contributed by atoms with E-state index < -0.39 is 11.9 Å². The number of nitrogens with one attached hydrogen (secondary N) is 1. The van der Waals surface area contributed by atoms with Gasteiger partial charge in [-0.05, 0) is 55.7 Å². The molecule has 0 spiro atoms. The average molecular weight is 464 g/mol. The topological polar surface area (TPSA) is 83.1 Å². The first-order valence-electron chi connectivity index (χ1n) is 11.2. The van der Waals surface area contributed by atoms with Gasteiger partial charge >= 0.3 is 5.97 Å². The maximum atomic E-state index is 13.0. The number of Topliss-reactive ketones (excluding diaryl/α,β-unsaturated/α-hetero) is 1. The molecule has 0 saturated carbocycles. The van der Waals surface area contributed by atoms with Crippen molar-refractivity contribution in [3.8, 4) is 17.2 Å². The lowest BCUT2D eigenvalue weighted by atomic mass is 9.75. The summed E-state index contributed by atoms with van der Waals surface area (Å²) in [5.41, 5.74) is 4.32. The number of allylic oxidation sites excluding steroid dienone is 3. The summed E-state index contributed by atoms with van der Waals surface area (Å²) < 4.78 is 21.8. The second-order valence-corrected chi connectivity index (χ2v) is 8.29. The van der Waals surface area contributed by atoms with Crippen molar-refractivity contribution in [2.75, 3.05) is 21.3 Å². The highest BCUT2D eigenvalue weighted by Gasteiger charge is 2.39. The van der Waals surface area contributed by atoms with Gasteiger partial charge in [-0.1, -0.05) is 12.1 Å². The van der Waals surface area contributed by atoms with E-state index in [0.717, 1.165) is 35.4 Å². The molecule has 0 aromatic heterocycles. The summed E-state index contributed by atoms with van der Waals surface area (Å²) in [6.07, 6.45) is 2.03. The molecule has 1 aliphatic heterocycles. The van der Waals surface area contributed by atoms with Gasteiger partial charge in [-0.15, -0.1) is 0 Å². The summed E-state index contributed by atoms with van der Waals surface area (Å²) in [4.78, 5) is 25.7. The van der Waals surface area contributed by atoms with Gasteiger partial charge in [0.25, 0.3) is 0 Å². The van der Waals surface area contributed by atoms with Crippen LogP contribution in [0.2, 0.25) is 0 Å². The van der Waals surface area contributed by atoms with Gasteiger partial charge in [-0.25, -0.2) is 4.79 Å². The van der Waals surface area contributed by atoms with E-state index in [4.69, 9.17) is 18.9 Å². The van der Waals surface area contributed by atoms with Gasteiger partial charge in [-0.3, -0.25) is 4.79 Å². The Balaban J connectivity index is 1.68. The molecule has 7 nitrogen and oxygen atoms in total. The largest absolute Gasteiger partial charge is 0.497 e. The van der Waals surface area contributed by atoms with Gasteiger partial charge in [0.05, 0.1) is 26.9 Å². The Labute approximate surface area is 199 Å². The summed E-state index contributed by atoms with van der Waals surface area (Å²) in [5.74, 6) is 1.18. The highest BCUT2D eigenvalue weighted by Crippen LogP contribution is 2.43. The zero-order valence-corrected chi connectivity index (χ0v) is 19.9. The normalized spacial score (nSPS) is 17.6. The minimum absolute atomic E-state index is 0.0542. The third kappa shape index (κ3) is 4.51. The standard InChI is InChI=1S/C27H29NO6/c1-16-24(27(30)33-4)25(26-21(28-16)6-5-7-22(26)29)17-8-9-18(23(14-17)32-3)15-34-20-12-10-19(31-2)11-13-20/h8-14,25,28H,5-7,15H2,1-4H3/t25-/m1/s1. The highest BCUT2D eigenvalue weighted by molar-refractivity contribution is 6.03. The number of dihydropyridines is 1. The lowest BCUT2D eigenvalue weighted by Crippen LogP contribution is -2.34. The van der Waals surface area contributed by atoms with Crippen LogP contribution in [0, 0.1) is 0 Å². The van der Waals surface area contributed by atoms with E-state index in [9.17, 15) is 9.59 Å². The van der Waals surface area contributed by atoms with Crippen LogP contribution in [0.3, 0.4) is 0 Å². The van der Waals surface area contributed by atoms with Gasteiger partial charge in [-0.2, -0.15) is 0 Å². The van der Waals surface area contributed by atoms with Gasteiger partial charge < -0.3 is 24.3 Å². The van der Waals surface area contributed by atoms with Crippen molar-refractivity contribution in [2.24, 2.45) is 0 Å². The van der Waals surface area contributed by atoms with Crippen LogP contribution in [0.25, 0.3) is 0 Å². The summed E-state index contributed by atoms with van der Waals surface area (Å²) in [7, 11) is 4.57. The van der Waals surface area contributed by atoms with E-state index >= 15 is 0 Å². The lowest BCUT2D eigenvalue weighted by Gasteiger charge is -2.34. The molecule has 0 bridgehead atoms. The number of rotatable bonds is 7. The predicted molar refractivity (Wildman–Crippen MR) is 127 cm³/mol. The van der Waals surface area contributed by atoms with Crippen molar-refractivity contribution in [2.45, 2.75) is 38.7 Å². The van der Waals surface area contributed by atoms with Crippen molar-refractivity contribution in [3.63, 3.8) is 0 Å². The third-order valence-corrected chi connectivity index (χ3v) is 6.28. The molecule has 2 aromatic rings. The molecule has 1 aliphatic carbocycles. The molecule has 4 rings (SSSR count). The fourth-order valence-corrected chi connectivity index (χ4v) is 4.59. The zero-order valence-electron chi connectivity index (χ0n) is 19.9. The molecule has 0 radical (unpaired) electrons. The number of methoxy groups -OCH3 is 3. The summed E-state index contributed by atoms with van der Waals surface area (Å²) in [5, 5.41) is 3.28. The Bertz CT molecular complexity index is 1160. The van der Waals surface area contributed by atoms with Crippen LogP contribution in [0.15, 0.2) is 65.0 Å². The van der Waals surface area contributed by atoms with Gasteiger partial charge in [0.1, 0.15) is 23.9 Å². The fourth-order valence-electron chi connectivity index (χ4n) is 4.59. The van der Waals surface area contributed by atoms with Crippen LogP contribution >= 0.6 is 0 Å². The second kappa shape index (κ2) is 10.0. The second-order valence-electron chi connectivity index (χ2n) is 8.29. The first kappa shape index (κ1) is 23.4. The maximum Gasteiger partial charge on any atom is 0.336 e. The highest BCUT2D eigenvalue weighted by atomic mass is 16.5. The Morgan fingerprint density at radius 2 is 1.74 bits per heavy atom. The number of hydrogen-bond acceptors (Lipinski definition) is 7. The minimum atomic E-state index is -0.512. The third-order valence-electron chi connectivity index (χ3n) is 6.28. The van der Waals surface area contributed by atoms with E-state index in [1.165, 1.54) is 7.11 Å². The molecule has 1 N–H and O–H groups in total. The van der Waals surface area contributed by atoms with E-state index in [2.05, 4.69) is 5.32 Å². The van der Waals surface area contributed by atoms with E-state index in [-0.39, 0.29) is 5.78 Å². The number of benzene rings is 2. The van der Waals surface area contributed by atoms with Crippen LogP contribution in [0.1, 0.15) is 43.2 Å². The van der Waals surface area contributed by atoms with E-state index in [0.29, 0.717) is 41.4 Å². The molecular weight excluding hydrogens is 434 g/mol. The van der Waals surface area contributed by atoms with E-state index in [1.54, 1.807) is 14.2 Å². The summed E-state index contributed by atoms with van der Waals surface area (Å²) in [6, 6.07) is 13.1. The Kier molecular flexibility index (Phi) is 6.91. The average Bonchev–Trinajstić information content (AvgIpc) is 2.86. The molecule has 34 heavy (non-hydrogen) atoms. The SMILES string of the molecule is COC(=O)C1=C(C)NC2=C(C(=O)CCC2)[C@@H]1c1ccc(COc2ccc(OC)cc2)c(OC)c1. The number of ether oxygens (including phenoxy) is 4. The van der Waals surface area contributed by atoms with Gasteiger partial charge in [0, 0.05) is 34.9 Å². The molecule has 0 saturated heterocycles. The molecule has 178 valence electrons. The lowest BCUT2D eigenvalue weighted by molar-refractivity contribution is -0.136. The summed E-state index contributed by atoms with van der Waals surface area (Å²) in [6.45, 7) is 2.14. The predicted octanol–water partition coefficient (Wildman–Crippen LogP) is 4.42. The Morgan fingerprint density at radius 3 is 2.41 bits per heavy atom. The number of carbonyl (C=O) groups is 2. The number of hydrogen-bond donors (Lipinski definition) is 1. The van der Waals surface area contributed by atoms with Crippen LogP contribution < -0.4 is 19.5 Å². The quantitative estimate of drug-likeness (QED) is 0.609. The fraction of sp³-hybridized carbons (Fsp3) is 0.333. The molecule has 1 heterocycles. The molecule has 0 amide bonds. The van der Waals surface area contributed by atoms with Crippen LogP contribution in [0.5, 0.6) is 17.2 Å². The minimum Gasteiger partial charge on any atom is -0.497 e. The van der Waals surface area contributed by atoms with Crippen molar-refractivity contribution < 1.29 is 28.5 Å². The zero-order chi connectivity index (χ0) is 24.2. The monoisotopic (exact) mass is 463 g/mol. The van der Waals surface area contributed by atoms with Crippen molar-refractivity contribution in [3.05, 3.63) is 76.1 Å². The smallest absolute Gasteiger partial charge is 0.336 e. The molecular formula is C27H29NO6. The van der Waals surface area contributed by atoms with E-state index in [1.807, 2.05) is 49.4 Å². The van der Waals surface area contributed by atoms with Crippen LogP contribution in [-0.4, -0.2) is 33.1 Å². The van der Waals surface area contributed by atoms with Gasteiger partial charge in [0.15, 0.2) is 5.78 Å². The van der Waals surface area contributed by atoms with Crippen molar-refractivity contribution >= 4 is 11.8 Å². The molecule has 0 fully saturated rings. The van der Waals surface area contributed by atoms with Crippen molar-refractivity contribution in [1.82, 2.24) is 5.32 Å². The first-order valence-corrected chi connectivity index (χ1v) is 11.2. The molecule has 2 aromatic carbocycles. The molecule has 0 unspecified atom stereocenters. The van der Waals surface area contributed by atoms with Crippen molar-refractivity contribution in [1.29, 1.82) is 0 Å². The Hall–Kier alpha value is -3.74. The maximum absolute atomic E-state index is 13.0. The Morgan fingerprint density at radius 1 is 1.00 bits per heavy atom. The van der Waals surface area contributed by atoms with Gasteiger partial charge in [0.2, 0.25) is 0 Å². The molecule has 7 heteroatoms. The number of esters is 1. The first-order chi connectivity index (χ1) is 16.5. The molecule has 1 atom stereocenters. The summed E-state index contributed by atoms with van der Waals surface area (Å²) >= 11 is 0. The molecule has 2 aliphatic rings. The number of carbonyl (C=O) groups excluding carboxylic acids is 2. The van der Waals surface area contributed by atoms with Crippen LogP contribution in [0.4, 0.5) is 0 Å². The van der Waals surface area contributed by atoms with Crippen LogP contribution in [-0.2, 0) is 20.9 Å². The number of ketones is 1.